The maximum Gasteiger partial charge on any atom is 0.314 e. The molecular formula is C21H21N7O3. The van der Waals surface area contributed by atoms with E-state index in [0.717, 1.165) is 11.1 Å². The van der Waals surface area contributed by atoms with Gasteiger partial charge in [0.05, 0.1) is 5.69 Å². The highest BCUT2D eigenvalue weighted by molar-refractivity contribution is 6.39. The van der Waals surface area contributed by atoms with Gasteiger partial charge in [-0.05, 0) is 42.5 Å². The molecule has 0 radical (unpaired) electrons. The lowest BCUT2D eigenvalue weighted by Crippen LogP contribution is -2.48. The number of carbonyl (C=O) groups is 3. The number of pyridine rings is 3. The summed E-state index contributed by atoms with van der Waals surface area (Å²) in [6.07, 6.45) is 5.63. The fourth-order valence-electron chi connectivity index (χ4n) is 3.44. The van der Waals surface area contributed by atoms with Gasteiger partial charge in [0, 0.05) is 48.5 Å². The van der Waals surface area contributed by atoms with Crippen molar-refractivity contribution in [3.63, 3.8) is 0 Å². The summed E-state index contributed by atoms with van der Waals surface area (Å²) < 4.78 is 0. The van der Waals surface area contributed by atoms with Crippen LogP contribution in [0.5, 0.6) is 0 Å². The molecule has 5 N–H and O–H groups in total. The zero-order valence-corrected chi connectivity index (χ0v) is 16.8. The lowest BCUT2D eigenvalue weighted by atomic mass is 10.1. The Morgan fingerprint density at radius 3 is 2.84 bits per heavy atom. The van der Waals surface area contributed by atoms with Crippen LogP contribution in [0.3, 0.4) is 0 Å². The van der Waals surface area contributed by atoms with E-state index in [0.29, 0.717) is 35.2 Å². The van der Waals surface area contributed by atoms with Crippen molar-refractivity contribution in [2.75, 3.05) is 17.6 Å². The second-order valence-corrected chi connectivity index (χ2v) is 7.34. The van der Waals surface area contributed by atoms with Crippen molar-refractivity contribution in [2.45, 2.75) is 25.8 Å². The van der Waals surface area contributed by atoms with Gasteiger partial charge in [0.1, 0.15) is 11.6 Å². The average molecular weight is 419 g/mol. The molecule has 4 rings (SSSR count). The Bertz CT molecular complexity index is 1190. The third kappa shape index (κ3) is 4.42. The van der Waals surface area contributed by atoms with E-state index in [2.05, 4.69) is 30.9 Å². The molecule has 1 saturated heterocycles. The van der Waals surface area contributed by atoms with E-state index in [-0.39, 0.29) is 24.2 Å². The van der Waals surface area contributed by atoms with Gasteiger partial charge in [0.15, 0.2) is 0 Å². The number of nitrogens with one attached hydrogen (secondary N) is 3. The maximum atomic E-state index is 12.3. The van der Waals surface area contributed by atoms with E-state index >= 15 is 0 Å². The second kappa shape index (κ2) is 8.34. The third-order valence-electron chi connectivity index (χ3n) is 5.09. The van der Waals surface area contributed by atoms with E-state index in [4.69, 9.17) is 5.73 Å². The molecule has 1 aliphatic rings. The molecule has 3 aromatic rings. The fraction of sp³-hybridized carbons (Fsp3) is 0.238. The number of hydrogen-bond donors (Lipinski definition) is 4. The van der Waals surface area contributed by atoms with Crippen LogP contribution in [0.2, 0.25) is 0 Å². The fourth-order valence-corrected chi connectivity index (χ4v) is 3.44. The molecule has 0 aromatic carbocycles. The number of nitrogens with two attached hydrogens (primary N) is 1. The van der Waals surface area contributed by atoms with Crippen molar-refractivity contribution in [3.05, 3.63) is 42.4 Å². The van der Waals surface area contributed by atoms with Gasteiger partial charge in [0.25, 0.3) is 0 Å². The second-order valence-electron chi connectivity index (χ2n) is 7.34. The number of anilines is 2. The molecule has 1 fully saturated rings. The standard InChI is InChI=1S/C21H21N7O3/c1-11-2-4-23-9-14(11)16-6-12-7-17(25-10-15(12)19(22)27-16)28-21(31)20(30)26-13-3-5-24-18(29)8-13/h2,4,6-7,9-10,13H,3,5,8H2,1H3,(H2,22,27)(H,24,29)(H,26,30)(H,25,28,31). The first-order chi connectivity index (χ1) is 14.9. The van der Waals surface area contributed by atoms with Gasteiger partial charge in [-0.1, -0.05) is 0 Å². The predicted molar refractivity (Wildman–Crippen MR) is 115 cm³/mol. The predicted octanol–water partition coefficient (Wildman–Crippen LogP) is 0.916. The Morgan fingerprint density at radius 2 is 2.06 bits per heavy atom. The number of piperidine rings is 1. The van der Waals surface area contributed by atoms with Gasteiger partial charge in [0.2, 0.25) is 5.91 Å². The molecule has 10 heteroatoms. The van der Waals surface area contributed by atoms with E-state index in [9.17, 15) is 14.4 Å². The molecule has 10 nitrogen and oxygen atoms in total. The largest absolute Gasteiger partial charge is 0.383 e. The van der Waals surface area contributed by atoms with Crippen molar-refractivity contribution in [1.82, 2.24) is 25.6 Å². The van der Waals surface area contributed by atoms with Crippen molar-refractivity contribution in [3.8, 4) is 11.3 Å². The molecule has 0 aliphatic carbocycles. The van der Waals surface area contributed by atoms with Gasteiger partial charge in [-0.25, -0.2) is 9.97 Å². The highest BCUT2D eigenvalue weighted by atomic mass is 16.2. The first-order valence-corrected chi connectivity index (χ1v) is 9.76. The molecule has 1 unspecified atom stereocenters. The summed E-state index contributed by atoms with van der Waals surface area (Å²) in [6.45, 7) is 2.41. The molecule has 158 valence electrons. The lowest BCUT2D eigenvalue weighted by molar-refractivity contribution is -0.137. The number of aromatic nitrogens is 3. The van der Waals surface area contributed by atoms with Crippen LogP contribution in [0.25, 0.3) is 22.0 Å². The number of nitrogens with zero attached hydrogens (tertiary/aromatic N) is 3. The summed E-state index contributed by atoms with van der Waals surface area (Å²) in [5.41, 5.74) is 8.59. The Kier molecular flexibility index (Phi) is 5.44. The Labute approximate surface area is 177 Å². The normalized spacial score (nSPS) is 15.9. The van der Waals surface area contributed by atoms with E-state index < -0.39 is 11.8 Å². The van der Waals surface area contributed by atoms with Gasteiger partial charge in [-0.15, -0.1) is 0 Å². The molecular weight excluding hydrogens is 398 g/mol. The van der Waals surface area contributed by atoms with Gasteiger partial charge < -0.3 is 21.7 Å². The van der Waals surface area contributed by atoms with E-state index in [1.807, 2.05) is 19.1 Å². The van der Waals surface area contributed by atoms with Gasteiger partial charge >= 0.3 is 11.8 Å². The van der Waals surface area contributed by atoms with Crippen LogP contribution in [0.4, 0.5) is 11.6 Å². The third-order valence-corrected chi connectivity index (χ3v) is 5.09. The average Bonchev–Trinajstić information content (AvgIpc) is 2.73. The number of amides is 3. The van der Waals surface area contributed by atoms with Crippen LogP contribution in [0.15, 0.2) is 36.8 Å². The number of fused-ring (bicyclic) bond motifs is 1. The molecule has 0 bridgehead atoms. The molecule has 1 aliphatic heterocycles. The Morgan fingerprint density at radius 1 is 1.23 bits per heavy atom. The number of rotatable bonds is 3. The molecule has 4 heterocycles. The first kappa shape index (κ1) is 20.2. The van der Waals surface area contributed by atoms with Gasteiger partial charge in [-0.2, -0.15) is 0 Å². The molecule has 1 atom stereocenters. The quantitative estimate of drug-likeness (QED) is 0.461. The van der Waals surface area contributed by atoms with Crippen molar-refractivity contribution < 1.29 is 14.4 Å². The molecule has 31 heavy (non-hydrogen) atoms. The van der Waals surface area contributed by atoms with Crippen molar-refractivity contribution >= 4 is 40.1 Å². The van der Waals surface area contributed by atoms with Gasteiger partial charge in [-0.3, -0.25) is 19.4 Å². The van der Waals surface area contributed by atoms with Crippen LogP contribution in [-0.4, -0.2) is 45.3 Å². The minimum Gasteiger partial charge on any atom is -0.383 e. The number of aryl methyl sites for hydroxylation is 1. The van der Waals surface area contributed by atoms with Crippen molar-refractivity contribution in [2.24, 2.45) is 0 Å². The van der Waals surface area contributed by atoms with Crippen LogP contribution in [0, 0.1) is 6.92 Å². The van der Waals surface area contributed by atoms with Crippen LogP contribution < -0.4 is 21.7 Å². The zero-order chi connectivity index (χ0) is 22.0. The first-order valence-electron chi connectivity index (χ1n) is 9.76. The van der Waals surface area contributed by atoms with Crippen LogP contribution in [-0.2, 0) is 14.4 Å². The minimum absolute atomic E-state index is 0.149. The van der Waals surface area contributed by atoms with E-state index in [1.165, 1.54) is 6.20 Å². The number of nitrogen functional groups attached to an aromatic ring is 1. The smallest absolute Gasteiger partial charge is 0.314 e. The Hall–Kier alpha value is -4.08. The monoisotopic (exact) mass is 419 g/mol. The highest BCUT2D eigenvalue weighted by Crippen LogP contribution is 2.28. The topological polar surface area (TPSA) is 152 Å². The SMILES string of the molecule is Cc1ccncc1-c1cc2cc(NC(=O)C(=O)NC3CCNC(=O)C3)ncc2c(N)n1. The van der Waals surface area contributed by atoms with Crippen LogP contribution >= 0.6 is 0 Å². The molecule has 3 amide bonds. The van der Waals surface area contributed by atoms with Crippen molar-refractivity contribution in [1.29, 1.82) is 0 Å². The summed E-state index contributed by atoms with van der Waals surface area (Å²) in [7, 11) is 0. The van der Waals surface area contributed by atoms with E-state index in [1.54, 1.807) is 18.5 Å². The summed E-state index contributed by atoms with van der Waals surface area (Å²) in [5, 5.41) is 9.07. The molecule has 3 aromatic heterocycles. The maximum absolute atomic E-state index is 12.3. The summed E-state index contributed by atoms with van der Waals surface area (Å²) in [5.74, 6) is -1.33. The number of carbonyl (C=O) groups excluding carboxylic acids is 3. The molecule has 0 saturated carbocycles. The number of hydrogen-bond acceptors (Lipinski definition) is 7. The lowest BCUT2D eigenvalue weighted by Gasteiger charge is -2.22. The molecule has 0 spiro atoms. The summed E-state index contributed by atoms with van der Waals surface area (Å²) in [6, 6.07) is 4.97. The zero-order valence-electron chi connectivity index (χ0n) is 16.8. The minimum atomic E-state index is -0.858. The van der Waals surface area contributed by atoms with Crippen LogP contribution in [0.1, 0.15) is 18.4 Å². The summed E-state index contributed by atoms with van der Waals surface area (Å²) in [4.78, 5) is 48.7. The summed E-state index contributed by atoms with van der Waals surface area (Å²) >= 11 is 0. The Balaban J connectivity index is 1.54. The highest BCUT2D eigenvalue weighted by Gasteiger charge is 2.24.